The van der Waals surface area contributed by atoms with Crippen LogP contribution in [0.15, 0.2) is 0 Å². The van der Waals surface area contributed by atoms with Gasteiger partial charge in [0.1, 0.15) is 18.3 Å². The summed E-state index contributed by atoms with van der Waals surface area (Å²) >= 11 is 0. The third-order valence-corrected chi connectivity index (χ3v) is 8.56. The number of hydrogen-bond acceptors (Lipinski definition) is 5. The summed E-state index contributed by atoms with van der Waals surface area (Å²) in [5.41, 5.74) is 0. The molecule has 1 aliphatic rings. The molecule has 112 valence electrons. The number of esters is 1. The van der Waals surface area contributed by atoms with Gasteiger partial charge >= 0.3 is 5.97 Å². The number of aliphatic hydroxyl groups excluding tert-OH is 2. The fourth-order valence-electron chi connectivity index (χ4n) is 1.80. The molecule has 1 aliphatic heterocycles. The molecule has 19 heavy (non-hydrogen) atoms. The molecule has 0 bridgehead atoms. The molecule has 0 aromatic rings. The van der Waals surface area contributed by atoms with Crippen LogP contribution in [0.2, 0.25) is 18.1 Å². The second-order valence-electron chi connectivity index (χ2n) is 6.66. The third kappa shape index (κ3) is 4.01. The second kappa shape index (κ2) is 5.91. The first kappa shape index (κ1) is 16.6. The number of carbonyl (C=O) groups is 1. The predicted molar refractivity (Wildman–Crippen MR) is 74.3 cm³/mol. The molecule has 5 nitrogen and oxygen atoms in total. The van der Waals surface area contributed by atoms with Gasteiger partial charge in [0.2, 0.25) is 0 Å². The van der Waals surface area contributed by atoms with Crippen LogP contribution >= 0.6 is 0 Å². The number of rotatable bonds is 5. The van der Waals surface area contributed by atoms with Crippen LogP contribution in [-0.2, 0) is 14.0 Å². The summed E-state index contributed by atoms with van der Waals surface area (Å²) in [5, 5.41) is 19.1. The highest BCUT2D eigenvalue weighted by molar-refractivity contribution is 6.74. The molecule has 1 saturated heterocycles. The molecule has 1 fully saturated rings. The lowest BCUT2D eigenvalue weighted by Gasteiger charge is -2.41. The number of ether oxygens (including phenoxy) is 1. The van der Waals surface area contributed by atoms with E-state index in [1.807, 2.05) is 0 Å². The Balaban J connectivity index is 2.84. The Morgan fingerprint density at radius 3 is 2.42 bits per heavy atom. The standard InChI is InChI=1S/C13H26O5Si/c1-13(2,3)19(4,5)18-12(9(15)8-14)10-6-7-11(16)17-10/h9-10,12,14-15H,6-8H2,1-5H3/t9-,10-,12-/m0/s1. The van der Waals surface area contributed by atoms with Gasteiger partial charge in [-0.25, -0.2) is 0 Å². The maximum atomic E-state index is 11.2. The molecule has 0 saturated carbocycles. The van der Waals surface area contributed by atoms with Gasteiger partial charge in [-0.2, -0.15) is 0 Å². The molecule has 2 N–H and O–H groups in total. The van der Waals surface area contributed by atoms with E-state index in [1.54, 1.807) is 0 Å². The number of cyclic esters (lactones) is 1. The van der Waals surface area contributed by atoms with Gasteiger partial charge in [-0.1, -0.05) is 20.8 Å². The zero-order valence-corrected chi connectivity index (χ0v) is 13.5. The second-order valence-corrected chi connectivity index (χ2v) is 11.4. The topological polar surface area (TPSA) is 76.0 Å². The van der Waals surface area contributed by atoms with E-state index in [0.717, 1.165) is 0 Å². The molecule has 1 heterocycles. The van der Waals surface area contributed by atoms with E-state index >= 15 is 0 Å². The molecule has 0 amide bonds. The molecule has 0 radical (unpaired) electrons. The first-order valence-corrected chi connectivity index (χ1v) is 9.65. The fourth-order valence-corrected chi connectivity index (χ4v) is 3.14. The summed E-state index contributed by atoms with van der Waals surface area (Å²) in [6.45, 7) is 10.0. The maximum absolute atomic E-state index is 11.2. The summed E-state index contributed by atoms with van der Waals surface area (Å²) in [4.78, 5) is 11.2. The van der Waals surface area contributed by atoms with Gasteiger partial charge in [-0.05, 0) is 24.6 Å². The van der Waals surface area contributed by atoms with E-state index in [9.17, 15) is 15.0 Å². The molecular weight excluding hydrogens is 264 g/mol. The minimum atomic E-state index is -2.10. The normalized spacial score (nSPS) is 24.2. The molecule has 0 unspecified atom stereocenters. The van der Waals surface area contributed by atoms with Crippen molar-refractivity contribution in [3.05, 3.63) is 0 Å². The zero-order chi connectivity index (χ0) is 14.8. The Hall–Kier alpha value is -0.433. The minimum Gasteiger partial charge on any atom is -0.460 e. The van der Waals surface area contributed by atoms with Crippen LogP contribution in [0.3, 0.4) is 0 Å². The quantitative estimate of drug-likeness (QED) is 0.592. The third-order valence-electron chi connectivity index (χ3n) is 4.09. The van der Waals surface area contributed by atoms with Crippen molar-refractivity contribution >= 4 is 14.3 Å². The highest BCUT2D eigenvalue weighted by atomic mass is 28.4. The summed E-state index contributed by atoms with van der Waals surface area (Å²) in [6.07, 6.45) is -1.24. The Morgan fingerprint density at radius 1 is 1.47 bits per heavy atom. The van der Waals surface area contributed by atoms with Crippen LogP contribution in [0.5, 0.6) is 0 Å². The van der Waals surface area contributed by atoms with Crippen LogP contribution < -0.4 is 0 Å². The molecule has 0 spiro atoms. The first-order chi connectivity index (χ1) is 8.58. The van der Waals surface area contributed by atoms with Crippen molar-refractivity contribution in [1.29, 1.82) is 0 Å². The molecule has 0 aromatic carbocycles. The van der Waals surface area contributed by atoms with Crippen molar-refractivity contribution in [2.24, 2.45) is 0 Å². The molecule has 1 rings (SSSR count). The number of aliphatic hydroxyl groups is 2. The van der Waals surface area contributed by atoms with Crippen molar-refractivity contribution < 1.29 is 24.2 Å². The van der Waals surface area contributed by atoms with Gasteiger partial charge in [-0.15, -0.1) is 0 Å². The number of hydrogen-bond donors (Lipinski definition) is 2. The van der Waals surface area contributed by atoms with Gasteiger partial charge in [0.05, 0.1) is 6.61 Å². The Kier molecular flexibility index (Phi) is 5.17. The molecule has 0 aromatic heterocycles. The lowest BCUT2D eigenvalue weighted by molar-refractivity contribution is -0.149. The predicted octanol–water partition coefficient (Wildman–Crippen LogP) is 1.44. The van der Waals surface area contributed by atoms with Crippen molar-refractivity contribution in [1.82, 2.24) is 0 Å². The highest BCUT2D eigenvalue weighted by Gasteiger charge is 2.44. The molecule has 0 aliphatic carbocycles. The van der Waals surface area contributed by atoms with Crippen LogP contribution in [0, 0.1) is 0 Å². The van der Waals surface area contributed by atoms with Crippen molar-refractivity contribution in [2.45, 2.75) is 70.1 Å². The Labute approximate surface area is 116 Å². The van der Waals surface area contributed by atoms with E-state index in [0.29, 0.717) is 12.8 Å². The SMILES string of the molecule is CC(C)(C)[Si](C)(C)O[C@H]([C@@H]1CCC(=O)O1)[C@@H](O)CO. The van der Waals surface area contributed by atoms with Gasteiger partial charge < -0.3 is 19.4 Å². The van der Waals surface area contributed by atoms with Crippen LogP contribution in [0.1, 0.15) is 33.6 Å². The van der Waals surface area contributed by atoms with Crippen molar-refractivity contribution in [3.8, 4) is 0 Å². The minimum absolute atomic E-state index is 0.0109. The smallest absolute Gasteiger partial charge is 0.306 e. The molecule has 6 heteroatoms. The van der Waals surface area contributed by atoms with Gasteiger partial charge in [0.15, 0.2) is 8.32 Å². The lowest BCUT2D eigenvalue weighted by Crippen LogP contribution is -2.52. The summed E-state index contributed by atoms with van der Waals surface area (Å²) in [5.74, 6) is -0.265. The van der Waals surface area contributed by atoms with Gasteiger partial charge in [-0.3, -0.25) is 4.79 Å². The van der Waals surface area contributed by atoms with E-state index in [4.69, 9.17) is 9.16 Å². The van der Waals surface area contributed by atoms with E-state index in [-0.39, 0.29) is 11.0 Å². The summed E-state index contributed by atoms with van der Waals surface area (Å²) in [6, 6.07) is 0. The van der Waals surface area contributed by atoms with Gasteiger partial charge in [0, 0.05) is 6.42 Å². The first-order valence-electron chi connectivity index (χ1n) is 6.74. The molecular formula is C13H26O5Si. The largest absolute Gasteiger partial charge is 0.460 e. The van der Waals surface area contributed by atoms with Crippen LogP contribution in [0.25, 0.3) is 0 Å². The zero-order valence-electron chi connectivity index (χ0n) is 12.5. The van der Waals surface area contributed by atoms with E-state index < -0.39 is 33.2 Å². The average Bonchev–Trinajstić information content (AvgIpc) is 2.70. The lowest BCUT2D eigenvalue weighted by atomic mass is 10.1. The maximum Gasteiger partial charge on any atom is 0.306 e. The number of carbonyl (C=O) groups excluding carboxylic acids is 1. The monoisotopic (exact) mass is 290 g/mol. The van der Waals surface area contributed by atoms with E-state index in [1.165, 1.54) is 0 Å². The van der Waals surface area contributed by atoms with E-state index in [2.05, 4.69) is 33.9 Å². The highest BCUT2D eigenvalue weighted by Crippen LogP contribution is 2.39. The van der Waals surface area contributed by atoms with Crippen molar-refractivity contribution in [2.75, 3.05) is 6.61 Å². The Bertz CT molecular complexity index is 323. The fraction of sp³-hybridized carbons (Fsp3) is 0.923. The van der Waals surface area contributed by atoms with Crippen LogP contribution in [0.4, 0.5) is 0 Å². The Morgan fingerprint density at radius 2 is 2.05 bits per heavy atom. The average molecular weight is 290 g/mol. The van der Waals surface area contributed by atoms with Gasteiger partial charge in [0.25, 0.3) is 0 Å². The molecule has 3 atom stereocenters. The summed E-state index contributed by atoms with van der Waals surface area (Å²) < 4.78 is 11.3. The van der Waals surface area contributed by atoms with Crippen molar-refractivity contribution in [3.63, 3.8) is 0 Å². The van der Waals surface area contributed by atoms with Crippen LogP contribution in [-0.4, -0.2) is 49.4 Å². The summed E-state index contributed by atoms with van der Waals surface area (Å²) in [7, 11) is -2.10.